The molecule has 1 aliphatic heterocycles. The van der Waals surface area contributed by atoms with E-state index in [-0.39, 0.29) is 6.03 Å². The minimum atomic E-state index is 0.0398. The first-order valence-corrected chi connectivity index (χ1v) is 10.1. The maximum absolute atomic E-state index is 12.7. The fourth-order valence-electron chi connectivity index (χ4n) is 3.50. The van der Waals surface area contributed by atoms with E-state index in [0.717, 1.165) is 62.6 Å². The number of rotatable bonds is 7. The van der Waals surface area contributed by atoms with E-state index < -0.39 is 0 Å². The van der Waals surface area contributed by atoms with Gasteiger partial charge in [0.15, 0.2) is 0 Å². The van der Waals surface area contributed by atoms with Crippen LogP contribution >= 0.6 is 11.6 Å². The predicted octanol–water partition coefficient (Wildman–Crippen LogP) is 3.04. The Hall–Kier alpha value is -1.30. The van der Waals surface area contributed by atoms with Gasteiger partial charge in [0.1, 0.15) is 0 Å². The van der Waals surface area contributed by atoms with Crippen LogP contribution in [0.4, 0.5) is 4.79 Å². The molecule has 6 heteroatoms. The first-order valence-electron chi connectivity index (χ1n) is 9.75. The lowest BCUT2D eigenvalue weighted by Crippen LogP contribution is -2.49. The van der Waals surface area contributed by atoms with Crippen molar-refractivity contribution in [2.45, 2.75) is 44.8 Å². The number of hydrogen-bond donors (Lipinski definition) is 1. The Kier molecular flexibility index (Phi) is 6.79. The summed E-state index contributed by atoms with van der Waals surface area (Å²) in [5.41, 5.74) is 1.02. The van der Waals surface area contributed by atoms with Gasteiger partial charge < -0.3 is 15.1 Å². The van der Waals surface area contributed by atoms with E-state index in [1.807, 2.05) is 29.2 Å². The number of urea groups is 1. The van der Waals surface area contributed by atoms with Crippen LogP contribution in [0, 0.1) is 0 Å². The summed E-state index contributed by atoms with van der Waals surface area (Å²) < 4.78 is 0. The van der Waals surface area contributed by atoms with Crippen molar-refractivity contribution in [2.75, 3.05) is 39.8 Å². The maximum atomic E-state index is 12.7. The van der Waals surface area contributed by atoms with Crippen LogP contribution in [-0.2, 0) is 6.54 Å². The lowest BCUT2D eigenvalue weighted by molar-refractivity contribution is 0.114. The molecule has 1 N–H and O–H groups in total. The number of benzene rings is 1. The molecule has 1 unspecified atom stereocenters. The summed E-state index contributed by atoms with van der Waals surface area (Å²) in [5.74, 6) is 0. The standard InChI is InChI=1S/C20H31ClN4O/c1-16(24-13-11-23(2)12-14-24)9-10-22-20(26)25(18-7-8-18)15-17-5-3-4-6-19(17)21/h3-6,16,18H,7-15H2,1-2H3,(H,22,26). The Morgan fingerprint density at radius 1 is 1.27 bits per heavy atom. The third kappa shape index (κ3) is 5.35. The van der Waals surface area contributed by atoms with Crippen molar-refractivity contribution in [3.8, 4) is 0 Å². The molecule has 0 radical (unpaired) electrons. The lowest BCUT2D eigenvalue weighted by Gasteiger charge is -2.36. The molecule has 1 saturated heterocycles. The van der Waals surface area contributed by atoms with Crippen LogP contribution in [-0.4, -0.2) is 72.6 Å². The van der Waals surface area contributed by atoms with E-state index in [1.54, 1.807) is 0 Å². The molecule has 144 valence electrons. The molecule has 0 bridgehead atoms. The van der Waals surface area contributed by atoms with E-state index in [1.165, 1.54) is 0 Å². The highest BCUT2D eigenvalue weighted by molar-refractivity contribution is 6.31. The van der Waals surface area contributed by atoms with Crippen LogP contribution in [0.3, 0.4) is 0 Å². The summed E-state index contributed by atoms with van der Waals surface area (Å²) in [6, 6.07) is 8.69. The number of piperazine rings is 1. The van der Waals surface area contributed by atoms with Crippen LogP contribution in [0.2, 0.25) is 5.02 Å². The molecule has 1 aliphatic carbocycles. The van der Waals surface area contributed by atoms with Crippen molar-refractivity contribution in [3.63, 3.8) is 0 Å². The second kappa shape index (κ2) is 9.07. The van der Waals surface area contributed by atoms with Gasteiger partial charge in [-0.3, -0.25) is 4.90 Å². The number of amides is 2. The minimum Gasteiger partial charge on any atom is -0.338 e. The number of carbonyl (C=O) groups is 1. The molecular weight excluding hydrogens is 348 g/mol. The van der Waals surface area contributed by atoms with Crippen LogP contribution in [0.5, 0.6) is 0 Å². The third-order valence-electron chi connectivity index (χ3n) is 5.55. The first-order chi connectivity index (χ1) is 12.5. The largest absolute Gasteiger partial charge is 0.338 e. The Morgan fingerprint density at radius 2 is 1.96 bits per heavy atom. The van der Waals surface area contributed by atoms with Crippen LogP contribution < -0.4 is 5.32 Å². The van der Waals surface area contributed by atoms with Crippen LogP contribution in [0.25, 0.3) is 0 Å². The van der Waals surface area contributed by atoms with Gasteiger partial charge in [-0.25, -0.2) is 4.79 Å². The first kappa shape index (κ1) is 19.5. The highest BCUT2D eigenvalue weighted by atomic mass is 35.5. The Bertz CT molecular complexity index is 599. The summed E-state index contributed by atoms with van der Waals surface area (Å²) in [7, 11) is 2.17. The summed E-state index contributed by atoms with van der Waals surface area (Å²) >= 11 is 6.27. The summed E-state index contributed by atoms with van der Waals surface area (Å²) in [6.45, 7) is 8.06. The van der Waals surface area contributed by atoms with Gasteiger partial charge in [0.2, 0.25) is 0 Å². The smallest absolute Gasteiger partial charge is 0.317 e. The minimum absolute atomic E-state index is 0.0398. The molecular formula is C20H31ClN4O. The maximum Gasteiger partial charge on any atom is 0.317 e. The number of nitrogens with one attached hydrogen (secondary N) is 1. The van der Waals surface area contributed by atoms with E-state index >= 15 is 0 Å². The van der Waals surface area contributed by atoms with Crippen molar-refractivity contribution in [1.29, 1.82) is 0 Å². The van der Waals surface area contributed by atoms with Crippen molar-refractivity contribution < 1.29 is 4.79 Å². The molecule has 1 heterocycles. The second-order valence-corrected chi connectivity index (χ2v) is 8.07. The van der Waals surface area contributed by atoms with Gasteiger partial charge in [-0.15, -0.1) is 0 Å². The van der Waals surface area contributed by atoms with Crippen molar-refractivity contribution in [2.24, 2.45) is 0 Å². The Morgan fingerprint density at radius 3 is 2.62 bits per heavy atom. The normalized spacial score (nSPS) is 20.0. The number of hydrogen-bond acceptors (Lipinski definition) is 3. The predicted molar refractivity (Wildman–Crippen MR) is 107 cm³/mol. The second-order valence-electron chi connectivity index (χ2n) is 7.66. The number of likely N-dealkylation sites (N-methyl/N-ethyl adjacent to an activating group) is 1. The highest BCUT2D eigenvalue weighted by Crippen LogP contribution is 2.29. The van der Waals surface area contributed by atoms with Crippen molar-refractivity contribution >= 4 is 17.6 Å². The fourth-order valence-corrected chi connectivity index (χ4v) is 3.69. The van der Waals surface area contributed by atoms with E-state index in [0.29, 0.717) is 18.6 Å². The molecule has 3 rings (SSSR count). The Labute approximate surface area is 162 Å². The average molecular weight is 379 g/mol. The molecule has 0 aromatic heterocycles. The molecule has 2 fully saturated rings. The molecule has 1 aromatic rings. The monoisotopic (exact) mass is 378 g/mol. The van der Waals surface area contributed by atoms with Gasteiger partial charge >= 0.3 is 6.03 Å². The van der Waals surface area contributed by atoms with Gasteiger partial charge in [-0.2, -0.15) is 0 Å². The lowest BCUT2D eigenvalue weighted by atomic mass is 10.1. The summed E-state index contributed by atoms with van der Waals surface area (Å²) in [6.07, 6.45) is 3.17. The molecule has 1 aromatic carbocycles. The van der Waals surface area contributed by atoms with Crippen molar-refractivity contribution in [3.05, 3.63) is 34.9 Å². The fraction of sp³-hybridized carbons (Fsp3) is 0.650. The molecule has 2 amide bonds. The Balaban J connectivity index is 1.46. The quantitative estimate of drug-likeness (QED) is 0.792. The van der Waals surface area contributed by atoms with Gasteiger partial charge in [0.05, 0.1) is 0 Å². The molecule has 26 heavy (non-hydrogen) atoms. The van der Waals surface area contributed by atoms with Gasteiger partial charge in [-0.1, -0.05) is 29.8 Å². The van der Waals surface area contributed by atoms with Gasteiger partial charge in [0.25, 0.3) is 0 Å². The molecule has 2 aliphatic rings. The zero-order chi connectivity index (χ0) is 18.5. The zero-order valence-electron chi connectivity index (χ0n) is 16.0. The van der Waals surface area contributed by atoms with E-state index in [4.69, 9.17) is 11.6 Å². The molecule has 5 nitrogen and oxygen atoms in total. The van der Waals surface area contributed by atoms with E-state index in [2.05, 4.69) is 29.1 Å². The topological polar surface area (TPSA) is 38.8 Å². The number of nitrogens with zero attached hydrogens (tertiary/aromatic N) is 3. The number of carbonyl (C=O) groups excluding carboxylic acids is 1. The van der Waals surface area contributed by atoms with Gasteiger partial charge in [0, 0.05) is 56.4 Å². The van der Waals surface area contributed by atoms with Crippen molar-refractivity contribution in [1.82, 2.24) is 20.0 Å². The molecule has 1 atom stereocenters. The number of halogens is 1. The summed E-state index contributed by atoms with van der Waals surface area (Å²) in [5, 5.41) is 3.86. The SMILES string of the molecule is CC(CCNC(=O)N(Cc1ccccc1Cl)C1CC1)N1CCN(C)CC1. The average Bonchev–Trinajstić information content (AvgIpc) is 3.46. The summed E-state index contributed by atoms with van der Waals surface area (Å²) in [4.78, 5) is 19.5. The highest BCUT2D eigenvalue weighted by Gasteiger charge is 2.32. The van der Waals surface area contributed by atoms with Gasteiger partial charge in [-0.05, 0) is 44.9 Å². The molecule has 0 spiro atoms. The van der Waals surface area contributed by atoms with Crippen LogP contribution in [0.1, 0.15) is 31.7 Å². The van der Waals surface area contributed by atoms with E-state index in [9.17, 15) is 4.79 Å². The van der Waals surface area contributed by atoms with Crippen LogP contribution in [0.15, 0.2) is 24.3 Å². The zero-order valence-corrected chi connectivity index (χ0v) is 16.7. The molecule has 1 saturated carbocycles. The third-order valence-corrected chi connectivity index (χ3v) is 5.92.